The Kier molecular flexibility index (Phi) is 6.37. The summed E-state index contributed by atoms with van der Waals surface area (Å²) in [6, 6.07) is 5.86. The second-order valence-electron chi connectivity index (χ2n) is 9.11. The number of hydrogen-bond donors (Lipinski definition) is 0. The molecule has 2 aliphatic heterocycles. The van der Waals surface area contributed by atoms with Gasteiger partial charge in [0.1, 0.15) is 0 Å². The molecule has 2 aliphatic rings. The first-order chi connectivity index (χ1) is 12.8. The van der Waals surface area contributed by atoms with E-state index in [1.54, 1.807) is 19.0 Å². The number of benzene rings is 1. The van der Waals surface area contributed by atoms with Crippen molar-refractivity contribution < 1.29 is 4.79 Å². The molecule has 3 rings (SSSR count). The number of halogens is 1. The average Bonchev–Trinajstić information content (AvgIpc) is 2.64. The first-order valence-corrected chi connectivity index (χ1v) is 10.6. The summed E-state index contributed by atoms with van der Waals surface area (Å²) >= 11 is 6.40. The van der Waals surface area contributed by atoms with E-state index in [2.05, 4.69) is 23.8 Å². The molecule has 0 aromatic heterocycles. The smallest absolute Gasteiger partial charge is 0.254 e. The van der Waals surface area contributed by atoms with Crippen molar-refractivity contribution in [2.45, 2.75) is 39.0 Å². The van der Waals surface area contributed by atoms with Crippen LogP contribution in [0.25, 0.3) is 0 Å². The molecule has 0 atom stereocenters. The highest BCUT2D eigenvalue weighted by molar-refractivity contribution is 6.34. The van der Waals surface area contributed by atoms with Crippen molar-refractivity contribution in [3.63, 3.8) is 0 Å². The van der Waals surface area contributed by atoms with Crippen molar-refractivity contribution in [1.29, 1.82) is 0 Å². The molecule has 2 saturated heterocycles. The van der Waals surface area contributed by atoms with Gasteiger partial charge < -0.3 is 14.7 Å². The number of piperidine rings is 2. The van der Waals surface area contributed by atoms with Crippen LogP contribution in [-0.2, 0) is 0 Å². The highest BCUT2D eigenvalue weighted by Gasteiger charge is 2.33. The fraction of sp³-hybridized carbons (Fsp3) is 0.682. The third-order valence-electron chi connectivity index (χ3n) is 6.54. The maximum absolute atomic E-state index is 12.2. The molecule has 4 nitrogen and oxygen atoms in total. The first kappa shape index (κ1) is 20.5. The van der Waals surface area contributed by atoms with Crippen molar-refractivity contribution in [3.05, 3.63) is 28.8 Å². The van der Waals surface area contributed by atoms with Crippen LogP contribution in [0.4, 0.5) is 5.69 Å². The van der Waals surface area contributed by atoms with Crippen LogP contribution >= 0.6 is 11.6 Å². The van der Waals surface area contributed by atoms with E-state index in [1.165, 1.54) is 45.2 Å². The van der Waals surface area contributed by atoms with Crippen LogP contribution in [0.1, 0.15) is 49.4 Å². The maximum Gasteiger partial charge on any atom is 0.254 e. The Hall–Kier alpha value is -1.26. The van der Waals surface area contributed by atoms with Crippen LogP contribution in [0.15, 0.2) is 18.2 Å². The number of rotatable bonds is 4. The monoisotopic (exact) mass is 391 g/mol. The number of likely N-dealkylation sites (tertiary alicyclic amines) is 1. The second-order valence-corrected chi connectivity index (χ2v) is 9.52. The highest BCUT2D eigenvalue weighted by Crippen LogP contribution is 2.40. The van der Waals surface area contributed by atoms with Gasteiger partial charge in [-0.1, -0.05) is 18.5 Å². The van der Waals surface area contributed by atoms with Crippen molar-refractivity contribution in [3.8, 4) is 0 Å². The molecule has 5 heteroatoms. The summed E-state index contributed by atoms with van der Waals surface area (Å²) in [4.78, 5) is 18.6. The van der Waals surface area contributed by atoms with Crippen LogP contribution in [0.3, 0.4) is 0 Å². The number of carbonyl (C=O) groups is 1. The second kappa shape index (κ2) is 8.40. The van der Waals surface area contributed by atoms with E-state index in [9.17, 15) is 4.79 Å². The quantitative estimate of drug-likeness (QED) is 0.761. The number of carbonyl (C=O) groups excluding carboxylic acids is 1. The molecule has 0 unspecified atom stereocenters. The van der Waals surface area contributed by atoms with Gasteiger partial charge in [-0.3, -0.25) is 4.79 Å². The van der Waals surface area contributed by atoms with Crippen LogP contribution < -0.4 is 4.90 Å². The van der Waals surface area contributed by atoms with Gasteiger partial charge in [0.25, 0.3) is 5.91 Å². The van der Waals surface area contributed by atoms with Gasteiger partial charge in [-0.15, -0.1) is 0 Å². The normalized spacial score (nSPS) is 21.3. The lowest BCUT2D eigenvalue weighted by Gasteiger charge is -2.42. The summed E-state index contributed by atoms with van der Waals surface area (Å²) in [6.45, 7) is 7.14. The molecule has 1 amide bonds. The Morgan fingerprint density at radius 3 is 2.37 bits per heavy atom. The molecule has 1 aromatic rings. The molecular weight excluding hydrogens is 358 g/mol. The van der Waals surface area contributed by atoms with Crippen LogP contribution in [0.2, 0.25) is 5.02 Å². The van der Waals surface area contributed by atoms with Gasteiger partial charge in [-0.2, -0.15) is 0 Å². The lowest BCUT2D eigenvalue weighted by molar-refractivity contribution is 0.0828. The molecule has 1 aromatic carbocycles. The molecule has 0 radical (unpaired) electrons. The molecule has 2 fully saturated rings. The van der Waals surface area contributed by atoms with E-state index in [1.807, 2.05) is 18.2 Å². The molecule has 27 heavy (non-hydrogen) atoms. The summed E-state index contributed by atoms with van der Waals surface area (Å²) < 4.78 is 0. The number of hydrogen-bond acceptors (Lipinski definition) is 3. The number of nitrogens with zero attached hydrogens (tertiary/aromatic N) is 3. The Bertz CT molecular complexity index is 660. The molecule has 2 heterocycles. The van der Waals surface area contributed by atoms with E-state index in [0.29, 0.717) is 16.0 Å². The zero-order valence-electron chi connectivity index (χ0n) is 17.3. The van der Waals surface area contributed by atoms with E-state index in [0.717, 1.165) is 24.7 Å². The van der Waals surface area contributed by atoms with Gasteiger partial charge in [0.05, 0.1) is 10.6 Å². The Morgan fingerprint density at radius 1 is 1.19 bits per heavy atom. The summed E-state index contributed by atoms with van der Waals surface area (Å²) in [5, 5.41) is 0.548. The number of anilines is 1. The lowest BCUT2D eigenvalue weighted by Crippen LogP contribution is -2.40. The van der Waals surface area contributed by atoms with Gasteiger partial charge in [0.2, 0.25) is 0 Å². The Morgan fingerprint density at radius 2 is 1.81 bits per heavy atom. The van der Waals surface area contributed by atoms with Crippen molar-refractivity contribution in [2.75, 3.05) is 52.2 Å². The van der Waals surface area contributed by atoms with E-state index < -0.39 is 0 Å². The Balaban J connectivity index is 1.56. The lowest BCUT2D eigenvalue weighted by atomic mass is 9.72. The first-order valence-electron chi connectivity index (χ1n) is 10.2. The average molecular weight is 392 g/mol. The van der Waals surface area contributed by atoms with E-state index >= 15 is 0 Å². The van der Waals surface area contributed by atoms with Crippen LogP contribution in [0.5, 0.6) is 0 Å². The molecule has 0 N–H and O–H groups in total. The van der Waals surface area contributed by atoms with Crippen LogP contribution in [-0.4, -0.2) is 63.0 Å². The zero-order valence-corrected chi connectivity index (χ0v) is 18.1. The highest BCUT2D eigenvalue weighted by atomic mass is 35.5. The maximum atomic E-state index is 12.2. The topological polar surface area (TPSA) is 26.8 Å². The summed E-state index contributed by atoms with van der Waals surface area (Å²) in [6.07, 6.45) is 6.54. The van der Waals surface area contributed by atoms with E-state index in [4.69, 9.17) is 11.6 Å². The Labute approximate surface area is 169 Å². The molecule has 0 spiro atoms. The van der Waals surface area contributed by atoms with Gasteiger partial charge >= 0.3 is 0 Å². The molecule has 0 saturated carbocycles. The molecule has 0 bridgehead atoms. The van der Waals surface area contributed by atoms with Gasteiger partial charge in [0.15, 0.2) is 0 Å². The fourth-order valence-corrected chi connectivity index (χ4v) is 4.83. The van der Waals surface area contributed by atoms with Crippen LogP contribution in [0, 0.1) is 11.3 Å². The largest absolute Gasteiger partial charge is 0.371 e. The summed E-state index contributed by atoms with van der Waals surface area (Å²) in [5.74, 6) is 0.788. The minimum atomic E-state index is -0.0448. The van der Waals surface area contributed by atoms with E-state index in [-0.39, 0.29) is 5.91 Å². The van der Waals surface area contributed by atoms with Crippen molar-refractivity contribution >= 4 is 23.2 Å². The predicted molar refractivity (Wildman–Crippen MR) is 114 cm³/mol. The molecular formula is C22H34ClN3O. The third kappa shape index (κ3) is 4.97. The minimum absolute atomic E-state index is 0.0448. The molecule has 150 valence electrons. The standard InChI is InChI=1S/C22H34ClN3O/c1-22(9-13-25(4)14-10-22)16-17-7-11-26(12-8-17)18-5-6-19(20(23)15-18)21(27)24(2)3/h5-6,15,17H,7-14,16H2,1-4H3. The zero-order chi connectivity index (χ0) is 19.6. The van der Waals surface area contributed by atoms with Gasteiger partial charge in [0, 0.05) is 32.9 Å². The summed E-state index contributed by atoms with van der Waals surface area (Å²) in [5.41, 5.74) is 2.24. The van der Waals surface area contributed by atoms with Crippen molar-refractivity contribution in [1.82, 2.24) is 9.80 Å². The minimum Gasteiger partial charge on any atom is -0.371 e. The summed E-state index contributed by atoms with van der Waals surface area (Å²) in [7, 11) is 5.74. The third-order valence-corrected chi connectivity index (χ3v) is 6.86. The van der Waals surface area contributed by atoms with Gasteiger partial charge in [-0.05, 0) is 81.8 Å². The SMILES string of the molecule is CN1CCC(C)(CC2CCN(c3ccc(C(=O)N(C)C)c(Cl)c3)CC2)CC1. The van der Waals surface area contributed by atoms with Crippen molar-refractivity contribution in [2.24, 2.45) is 11.3 Å². The predicted octanol–water partition coefficient (Wildman–Crippen LogP) is 4.38. The number of amides is 1. The molecule has 0 aliphatic carbocycles. The van der Waals surface area contributed by atoms with Gasteiger partial charge in [-0.25, -0.2) is 0 Å². The fourth-order valence-electron chi connectivity index (χ4n) is 4.57.